The highest BCUT2D eigenvalue weighted by molar-refractivity contribution is 7.99. The van der Waals surface area contributed by atoms with Gasteiger partial charge in [0.2, 0.25) is 5.91 Å². The molecule has 1 unspecified atom stereocenters. The Bertz CT molecular complexity index is 668. The third kappa shape index (κ3) is 4.50. The molecule has 0 radical (unpaired) electrons. The van der Waals surface area contributed by atoms with Gasteiger partial charge < -0.3 is 20.1 Å². The van der Waals surface area contributed by atoms with Crippen molar-refractivity contribution in [3.63, 3.8) is 0 Å². The molecule has 1 aliphatic heterocycles. The van der Waals surface area contributed by atoms with Crippen LogP contribution in [0.3, 0.4) is 0 Å². The van der Waals surface area contributed by atoms with Crippen LogP contribution in [0.4, 0.5) is 5.69 Å². The normalized spacial score (nSPS) is 17.3. The molecule has 0 bridgehead atoms. The van der Waals surface area contributed by atoms with Crippen molar-refractivity contribution in [2.24, 2.45) is 0 Å². The average Bonchev–Trinajstić information content (AvgIpc) is 2.65. The summed E-state index contributed by atoms with van der Waals surface area (Å²) < 4.78 is 10.5. The fraction of sp³-hybridized carbons (Fsp3) is 0.278. The zero-order chi connectivity index (χ0) is 16.8. The first-order valence-electron chi connectivity index (χ1n) is 7.78. The molecule has 1 atom stereocenters. The van der Waals surface area contributed by atoms with E-state index in [2.05, 4.69) is 10.6 Å². The SMILES string of the molecule is COc1ccc(Sc2ccc(NC(=O)C3COCCN3)cc2)cc1. The minimum Gasteiger partial charge on any atom is -0.497 e. The van der Waals surface area contributed by atoms with Gasteiger partial charge in [-0.15, -0.1) is 0 Å². The Hall–Kier alpha value is -2.02. The Balaban J connectivity index is 1.57. The van der Waals surface area contributed by atoms with Crippen molar-refractivity contribution in [2.45, 2.75) is 15.8 Å². The summed E-state index contributed by atoms with van der Waals surface area (Å²) in [5.74, 6) is 0.781. The van der Waals surface area contributed by atoms with Crippen molar-refractivity contribution >= 4 is 23.4 Å². The van der Waals surface area contributed by atoms with E-state index in [1.54, 1.807) is 18.9 Å². The average molecular weight is 344 g/mol. The number of benzene rings is 2. The molecular weight excluding hydrogens is 324 g/mol. The second-order valence-electron chi connectivity index (χ2n) is 5.37. The predicted octanol–water partition coefficient (Wildman–Crippen LogP) is 2.77. The molecule has 0 saturated carbocycles. The quantitative estimate of drug-likeness (QED) is 0.873. The lowest BCUT2D eigenvalue weighted by Gasteiger charge is -2.22. The number of nitrogens with one attached hydrogen (secondary N) is 2. The number of carbonyl (C=O) groups excluding carboxylic acids is 1. The molecule has 2 aromatic carbocycles. The molecule has 2 N–H and O–H groups in total. The molecule has 5 nitrogen and oxygen atoms in total. The maximum atomic E-state index is 12.1. The zero-order valence-corrected chi connectivity index (χ0v) is 14.3. The number of morpholine rings is 1. The van der Waals surface area contributed by atoms with E-state index in [-0.39, 0.29) is 11.9 Å². The standard InChI is InChI=1S/C18H20N2O3S/c1-22-14-4-8-16(9-5-14)24-15-6-2-13(3-7-15)20-18(21)17-12-23-11-10-19-17/h2-9,17,19H,10-12H2,1H3,(H,20,21). The van der Waals surface area contributed by atoms with Crippen LogP contribution in [0.25, 0.3) is 0 Å². The van der Waals surface area contributed by atoms with Crippen LogP contribution in [0.15, 0.2) is 58.3 Å². The lowest BCUT2D eigenvalue weighted by atomic mass is 10.2. The van der Waals surface area contributed by atoms with Crippen LogP contribution >= 0.6 is 11.8 Å². The predicted molar refractivity (Wildman–Crippen MR) is 94.8 cm³/mol. The van der Waals surface area contributed by atoms with E-state index < -0.39 is 0 Å². The lowest BCUT2D eigenvalue weighted by molar-refractivity contribution is -0.120. The number of methoxy groups -OCH3 is 1. The highest BCUT2D eigenvalue weighted by atomic mass is 32.2. The zero-order valence-electron chi connectivity index (χ0n) is 13.5. The Morgan fingerprint density at radius 1 is 1.17 bits per heavy atom. The maximum absolute atomic E-state index is 12.1. The maximum Gasteiger partial charge on any atom is 0.243 e. The highest BCUT2D eigenvalue weighted by Gasteiger charge is 2.20. The van der Waals surface area contributed by atoms with Crippen molar-refractivity contribution in [1.82, 2.24) is 5.32 Å². The Labute approximate surface area is 145 Å². The molecule has 1 heterocycles. The summed E-state index contributed by atoms with van der Waals surface area (Å²) in [6.45, 7) is 1.77. The first-order chi connectivity index (χ1) is 11.7. The number of anilines is 1. The number of hydrogen-bond donors (Lipinski definition) is 2. The molecule has 1 fully saturated rings. The van der Waals surface area contributed by atoms with Crippen LogP contribution in [0, 0.1) is 0 Å². The van der Waals surface area contributed by atoms with Gasteiger partial charge in [-0.3, -0.25) is 4.79 Å². The van der Waals surface area contributed by atoms with Crippen molar-refractivity contribution in [1.29, 1.82) is 0 Å². The fourth-order valence-corrected chi connectivity index (χ4v) is 3.17. The van der Waals surface area contributed by atoms with Crippen LogP contribution in [-0.4, -0.2) is 38.8 Å². The number of ether oxygens (including phenoxy) is 2. The lowest BCUT2D eigenvalue weighted by Crippen LogP contribution is -2.48. The van der Waals surface area contributed by atoms with Crippen LogP contribution in [0.2, 0.25) is 0 Å². The van der Waals surface area contributed by atoms with Gasteiger partial charge in [0.05, 0.1) is 20.3 Å². The Morgan fingerprint density at radius 3 is 2.42 bits per heavy atom. The smallest absolute Gasteiger partial charge is 0.243 e. The molecule has 3 rings (SSSR count). The molecule has 0 aromatic heterocycles. The van der Waals surface area contributed by atoms with Crippen molar-refractivity contribution in [3.05, 3.63) is 48.5 Å². The second-order valence-corrected chi connectivity index (χ2v) is 6.52. The molecule has 24 heavy (non-hydrogen) atoms. The molecular formula is C18H20N2O3S. The summed E-state index contributed by atoms with van der Waals surface area (Å²) in [4.78, 5) is 14.4. The first-order valence-corrected chi connectivity index (χ1v) is 8.60. The summed E-state index contributed by atoms with van der Waals surface area (Å²) in [5, 5.41) is 6.05. The third-order valence-electron chi connectivity index (χ3n) is 3.66. The minimum atomic E-state index is -0.285. The van der Waals surface area contributed by atoms with Crippen molar-refractivity contribution < 1.29 is 14.3 Å². The Morgan fingerprint density at radius 2 is 1.83 bits per heavy atom. The van der Waals surface area contributed by atoms with Crippen LogP contribution in [-0.2, 0) is 9.53 Å². The molecule has 2 aromatic rings. The topological polar surface area (TPSA) is 59.6 Å². The second kappa shape index (κ2) is 8.19. The van der Waals surface area contributed by atoms with Crippen molar-refractivity contribution in [3.8, 4) is 5.75 Å². The van der Waals surface area contributed by atoms with E-state index in [0.717, 1.165) is 21.2 Å². The van der Waals surface area contributed by atoms with Crippen molar-refractivity contribution in [2.75, 3.05) is 32.2 Å². The van der Waals surface area contributed by atoms with E-state index in [4.69, 9.17) is 9.47 Å². The molecule has 6 heteroatoms. The van der Waals surface area contributed by atoms with Gasteiger partial charge in [-0.05, 0) is 48.5 Å². The van der Waals surface area contributed by atoms with Gasteiger partial charge in [0, 0.05) is 22.0 Å². The monoisotopic (exact) mass is 344 g/mol. The molecule has 1 amide bonds. The van der Waals surface area contributed by atoms with Gasteiger partial charge in [-0.2, -0.15) is 0 Å². The fourth-order valence-electron chi connectivity index (χ4n) is 2.35. The van der Waals surface area contributed by atoms with Gasteiger partial charge in [0.1, 0.15) is 11.8 Å². The molecule has 0 spiro atoms. The Kier molecular flexibility index (Phi) is 5.74. The number of rotatable bonds is 5. The van der Waals surface area contributed by atoms with E-state index >= 15 is 0 Å². The van der Waals surface area contributed by atoms with Crippen LogP contribution in [0.1, 0.15) is 0 Å². The van der Waals surface area contributed by atoms with E-state index in [1.165, 1.54) is 0 Å². The molecule has 1 saturated heterocycles. The van der Waals surface area contributed by atoms with Gasteiger partial charge in [0.25, 0.3) is 0 Å². The van der Waals surface area contributed by atoms with E-state index in [0.29, 0.717) is 19.8 Å². The third-order valence-corrected chi connectivity index (χ3v) is 4.67. The molecule has 126 valence electrons. The first kappa shape index (κ1) is 16.8. The summed E-state index contributed by atoms with van der Waals surface area (Å²) in [6, 6.07) is 15.5. The number of amides is 1. The minimum absolute atomic E-state index is 0.0646. The van der Waals surface area contributed by atoms with Gasteiger partial charge in [0.15, 0.2) is 0 Å². The summed E-state index contributed by atoms with van der Waals surface area (Å²) in [5.41, 5.74) is 0.784. The highest BCUT2D eigenvalue weighted by Crippen LogP contribution is 2.29. The van der Waals surface area contributed by atoms with E-state index in [9.17, 15) is 4.79 Å². The van der Waals surface area contributed by atoms with Crippen LogP contribution < -0.4 is 15.4 Å². The van der Waals surface area contributed by atoms with Crippen LogP contribution in [0.5, 0.6) is 5.75 Å². The van der Waals surface area contributed by atoms with Gasteiger partial charge in [-0.1, -0.05) is 11.8 Å². The molecule has 1 aliphatic rings. The summed E-state index contributed by atoms with van der Waals surface area (Å²) >= 11 is 1.66. The summed E-state index contributed by atoms with van der Waals surface area (Å²) in [6.07, 6.45) is 0. The molecule has 0 aliphatic carbocycles. The van der Waals surface area contributed by atoms with E-state index in [1.807, 2.05) is 48.5 Å². The largest absolute Gasteiger partial charge is 0.497 e. The van der Waals surface area contributed by atoms with Gasteiger partial charge in [-0.25, -0.2) is 0 Å². The summed E-state index contributed by atoms with van der Waals surface area (Å²) in [7, 11) is 1.66. The number of carbonyl (C=O) groups is 1. The van der Waals surface area contributed by atoms with Gasteiger partial charge >= 0.3 is 0 Å². The number of hydrogen-bond acceptors (Lipinski definition) is 5.